The van der Waals surface area contributed by atoms with E-state index in [-0.39, 0.29) is 0 Å². The third-order valence-corrected chi connectivity index (χ3v) is 3.04. The standard InChI is InChI=1S/C7H13N3S2/c1-11-5-3-7-10-9-6(12-7)2-4-8/h2-5,8H2,1H3. The Balaban J connectivity index is 2.41. The van der Waals surface area contributed by atoms with Crippen molar-refractivity contribution in [3.05, 3.63) is 10.0 Å². The summed E-state index contributed by atoms with van der Waals surface area (Å²) in [4.78, 5) is 0. The molecule has 1 aromatic rings. The zero-order valence-corrected chi connectivity index (χ0v) is 8.75. The van der Waals surface area contributed by atoms with Crippen molar-refractivity contribution in [2.75, 3.05) is 18.6 Å². The summed E-state index contributed by atoms with van der Waals surface area (Å²) in [6.45, 7) is 0.664. The largest absolute Gasteiger partial charge is 0.330 e. The van der Waals surface area contributed by atoms with Gasteiger partial charge in [-0.05, 0) is 18.6 Å². The molecule has 5 heteroatoms. The van der Waals surface area contributed by atoms with Crippen LogP contribution in [0.4, 0.5) is 0 Å². The van der Waals surface area contributed by atoms with Gasteiger partial charge in [-0.3, -0.25) is 0 Å². The van der Waals surface area contributed by atoms with E-state index in [2.05, 4.69) is 16.5 Å². The molecule has 0 aliphatic heterocycles. The number of aryl methyl sites for hydroxylation is 1. The molecule has 1 rings (SSSR count). The highest BCUT2D eigenvalue weighted by Crippen LogP contribution is 2.11. The normalized spacial score (nSPS) is 10.5. The van der Waals surface area contributed by atoms with Crippen molar-refractivity contribution >= 4 is 23.1 Å². The Morgan fingerprint density at radius 3 is 2.58 bits per heavy atom. The predicted octanol–water partition coefficient (Wildman–Crippen LogP) is 0.945. The van der Waals surface area contributed by atoms with Crippen LogP contribution in [0, 0.1) is 0 Å². The zero-order chi connectivity index (χ0) is 8.81. The molecule has 0 aliphatic rings. The summed E-state index contributed by atoms with van der Waals surface area (Å²) < 4.78 is 0. The molecule has 0 amide bonds. The first-order valence-corrected chi connectivity index (χ1v) is 6.08. The molecule has 0 saturated carbocycles. The van der Waals surface area contributed by atoms with Crippen molar-refractivity contribution in [3.8, 4) is 0 Å². The summed E-state index contributed by atoms with van der Waals surface area (Å²) in [5.41, 5.74) is 5.40. The minimum atomic E-state index is 0.664. The molecule has 0 fully saturated rings. The quantitative estimate of drug-likeness (QED) is 0.774. The number of nitrogens with zero attached hydrogens (tertiary/aromatic N) is 2. The average Bonchev–Trinajstić information content (AvgIpc) is 2.50. The molecule has 0 bridgehead atoms. The van der Waals surface area contributed by atoms with E-state index < -0.39 is 0 Å². The molecule has 68 valence electrons. The van der Waals surface area contributed by atoms with Crippen LogP contribution in [0.2, 0.25) is 0 Å². The highest BCUT2D eigenvalue weighted by atomic mass is 32.2. The number of nitrogens with two attached hydrogens (primary N) is 1. The van der Waals surface area contributed by atoms with Gasteiger partial charge in [-0.15, -0.1) is 21.5 Å². The summed E-state index contributed by atoms with van der Waals surface area (Å²) in [5, 5.41) is 10.3. The lowest BCUT2D eigenvalue weighted by Crippen LogP contribution is -2.01. The number of thioether (sulfide) groups is 1. The van der Waals surface area contributed by atoms with Gasteiger partial charge in [0.1, 0.15) is 10.0 Å². The molecule has 1 heterocycles. The zero-order valence-electron chi connectivity index (χ0n) is 7.12. The first-order chi connectivity index (χ1) is 5.86. The minimum Gasteiger partial charge on any atom is -0.330 e. The van der Waals surface area contributed by atoms with Crippen LogP contribution in [0.1, 0.15) is 10.0 Å². The van der Waals surface area contributed by atoms with Gasteiger partial charge in [0, 0.05) is 12.8 Å². The summed E-state index contributed by atoms with van der Waals surface area (Å²) in [6.07, 6.45) is 3.99. The number of hydrogen-bond donors (Lipinski definition) is 1. The van der Waals surface area contributed by atoms with E-state index in [1.807, 2.05) is 11.8 Å². The molecule has 0 unspecified atom stereocenters. The van der Waals surface area contributed by atoms with Gasteiger partial charge in [-0.25, -0.2) is 0 Å². The Kier molecular flexibility index (Phi) is 4.57. The van der Waals surface area contributed by atoms with E-state index in [0.29, 0.717) is 6.54 Å². The van der Waals surface area contributed by atoms with Gasteiger partial charge in [0.25, 0.3) is 0 Å². The SMILES string of the molecule is CSCCc1nnc(CCN)s1. The molecule has 12 heavy (non-hydrogen) atoms. The first kappa shape index (κ1) is 9.95. The van der Waals surface area contributed by atoms with Crippen LogP contribution >= 0.6 is 23.1 Å². The monoisotopic (exact) mass is 203 g/mol. The van der Waals surface area contributed by atoms with E-state index >= 15 is 0 Å². The fraction of sp³-hybridized carbons (Fsp3) is 0.714. The highest BCUT2D eigenvalue weighted by molar-refractivity contribution is 7.98. The number of aromatic nitrogens is 2. The van der Waals surface area contributed by atoms with E-state index in [1.165, 1.54) is 0 Å². The minimum absolute atomic E-state index is 0.664. The lowest BCUT2D eigenvalue weighted by molar-refractivity contribution is 0.895. The highest BCUT2D eigenvalue weighted by Gasteiger charge is 2.01. The van der Waals surface area contributed by atoms with Gasteiger partial charge in [0.15, 0.2) is 0 Å². The molecule has 0 atom stereocenters. The molecule has 0 aromatic carbocycles. The van der Waals surface area contributed by atoms with Crippen LogP contribution in [0.5, 0.6) is 0 Å². The lowest BCUT2D eigenvalue weighted by Gasteiger charge is -1.89. The van der Waals surface area contributed by atoms with Gasteiger partial charge < -0.3 is 5.73 Å². The van der Waals surface area contributed by atoms with Gasteiger partial charge >= 0.3 is 0 Å². The summed E-state index contributed by atoms with van der Waals surface area (Å²) in [7, 11) is 0. The van der Waals surface area contributed by atoms with Crippen LogP contribution in [0.25, 0.3) is 0 Å². The second-order valence-electron chi connectivity index (χ2n) is 2.37. The smallest absolute Gasteiger partial charge is 0.118 e. The molecule has 1 aromatic heterocycles. The van der Waals surface area contributed by atoms with Crippen molar-refractivity contribution in [1.82, 2.24) is 10.2 Å². The fourth-order valence-electron chi connectivity index (χ4n) is 0.803. The van der Waals surface area contributed by atoms with Crippen LogP contribution in [-0.2, 0) is 12.8 Å². The summed E-state index contributed by atoms with van der Waals surface area (Å²) >= 11 is 3.52. The van der Waals surface area contributed by atoms with Crippen molar-refractivity contribution in [3.63, 3.8) is 0 Å². The molecule has 2 N–H and O–H groups in total. The topological polar surface area (TPSA) is 51.8 Å². The maximum atomic E-state index is 5.40. The number of hydrogen-bond acceptors (Lipinski definition) is 5. The van der Waals surface area contributed by atoms with E-state index in [9.17, 15) is 0 Å². The van der Waals surface area contributed by atoms with Crippen molar-refractivity contribution in [1.29, 1.82) is 0 Å². The van der Waals surface area contributed by atoms with Crippen LogP contribution < -0.4 is 5.73 Å². The van der Waals surface area contributed by atoms with Crippen LogP contribution in [0.15, 0.2) is 0 Å². The molecule has 0 radical (unpaired) electrons. The second-order valence-corrected chi connectivity index (χ2v) is 4.50. The lowest BCUT2D eigenvalue weighted by atomic mass is 10.5. The summed E-state index contributed by atoms with van der Waals surface area (Å²) in [5.74, 6) is 1.12. The summed E-state index contributed by atoms with van der Waals surface area (Å²) in [6, 6.07) is 0. The fourth-order valence-corrected chi connectivity index (χ4v) is 2.19. The van der Waals surface area contributed by atoms with E-state index in [1.54, 1.807) is 11.3 Å². The van der Waals surface area contributed by atoms with Gasteiger partial charge in [0.2, 0.25) is 0 Å². The Morgan fingerprint density at radius 2 is 2.00 bits per heavy atom. The van der Waals surface area contributed by atoms with Gasteiger partial charge in [-0.1, -0.05) is 0 Å². The maximum Gasteiger partial charge on any atom is 0.118 e. The molecule has 0 saturated heterocycles. The van der Waals surface area contributed by atoms with E-state index in [0.717, 1.165) is 28.6 Å². The van der Waals surface area contributed by atoms with Gasteiger partial charge in [0.05, 0.1) is 0 Å². The molecular weight excluding hydrogens is 190 g/mol. The van der Waals surface area contributed by atoms with Crippen LogP contribution in [-0.4, -0.2) is 28.8 Å². The first-order valence-electron chi connectivity index (χ1n) is 3.87. The van der Waals surface area contributed by atoms with E-state index in [4.69, 9.17) is 5.73 Å². The molecule has 3 nitrogen and oxygen atoms in total. The third-order valence-electron chi connectivity index (χ3n) is 1.39. The Labute approximate surface area is 80.8 Å². The predicted molar refractivity (Wildman–Crippen MR) is 54.8 cm³/mol. The molecular formula is C7H13N3S2. The Morgan fingerprint density at radius 1 is 1.33 bits per heavy atom. The number of rotatable bonds is 5. The van der Waals surface area contributed by atoms with Crippen molar-refractivity contribution in [2.24, 2.45) is 5.73 Å². The second kappa shape index (κ2) is 5.50. The maximum absolute atomic E-state index is 5.40. The van der Waals surface area contributed by atoms with Gasteiger partial charge in [-0.2, -0.15) is 11.8 Å². The Hall–Kier alpha value is -0.130. The molecule has 0 aliphatic carbocycles. The molecule has 0 spiro atoms. The van der Waals surface area contributed by atoms with Crippen molar-refractivity contribution < 1.29 is 0 Å². The third kappa shape index (κ3) is 3.08. The average molecular weight is 203 g/mol. The van der Waals surface area contributed by atoms with Crippen LogP contribution in [0.3, 0.4) is 0 Å². The van der Waals surface area contributed by atoms with Crippen molar-refractivity contribution in [2.45, 2.75) is 12.8 Å². The Bertz CT molecular complexity index is 224.